The molecular formula is C27H25BF4N4O3. The SMILES string of the molecule is Cc1cccc(F)c1C1CCC(c2cc3nc(B(O)O)cnc3n(Cc3ncccc3C(F)(F)F)c2=O)CC1. The molecule has 0 amide bonds. The first-order chi connectivity index (χ1) is 18.5. The number of nitrogens with zero attached hydrogens (tertiary/aromatic N) is 4. The van der Waals surface area contributed by atoms with Gasteiger partial charge >= 0.3 is 13.3 Å². The van der Waals surface area contributed by atoms with Crippen LogP contribution in [0.4, 0.5) is 17.6 Å². The number of fused-ring (bicyclic) bond motifs is 1. The molecule has 0 unspecified atom stereocenters. The largest absolute Gasteiger partial charge is 0.509 e. The van der Waals surface area contributed by atoms with Gasteiger partial charge in [0.25, 0.3) is 5.56 Å². The molecule has 12 heteroatoms. The molecule has 202 valence electrons. The number of hydrogen-bond acceptors (Lipinski definition) is 6. The lowest BCUT2D eigenvalue weighted by Gasteiger charge is -2.30. The molecular weight excluding hydrogens is 515 g/mol. The van der Waals surface area contributed by atoms with Gasteiger partial charge in [-0.1, -0.05) is 12.1 Å². The Morgan fingerprint density at radius 2 is 1.77 bits per heavy atom. The summed E-state index contributed by atoms with van der Waals surface area (Å²) >= 11 is 0. The molecule has 7 nitrogen and oxygen atoms in total. The van der Waals surface area contributed by atoms with Crippen molar-refractivity contribution < 1.29 is 27.6 Å². The van der Waals surface area contributed by atoms with Gasteiger partial charge in [-0.2, -0.15) is 13.2 Å². The van der Waals surface area contributed by atoms with Crippen LogP contribution < -0.4 is 11.2 Å². The second-order valence-electron chi connectivity index (χ2n) is 9.88. The summed E-state index contributed by atoms with van der Waals surface area (Å²) in [7, 11) is -1.92. The fourth-order valence-corrected chi connectivity index (χ4v) is 5.57. The van der Waals surface area contributed by atoms with E-state index in [4.69, 9.17) is 0 Å². The third kappa shape index (κ3) is 5.31. The number of pyridine rings is 2. The van der Waals surface area contributed by atoms with E-state index in [9.17, 15) is 32.4 Å². The van der Waals surface area contributed by atoms with Crippen molar-refractivity contribution in [3.05, 3.63) is 92.9 Å². The van der Waals surface area contributed by atoms with Crippen molar-refractivity contribution in [3.63, 3.8) is 0 Å². The number of alkyl halides is 3. The summed E-state index contributed by atoms with van der Waals surface area (Å²) in [6, 6.07) is 8.57. The van der Waals surface area contributed by atoms with Gasteiger partial charge in [-0.15, -0.1) is 0 Å². The summed E-state index contributed by atoms with van der Waals surface area (Å²) < 4.78 is 56.7. The fourth-order valence-electron chi connectivity index (χ4n) is 5.57. The van der Waals surface area contributed by atoms with Crippen molar-refractivity contribution in [2.75, 3.05) is 0 Å². The van der Waals surface area contributed by atoms with Crippen LogP contribution in [-0.2, 0) is 12.7 Å². The molecule has 0 atom stereocenters. The van der Waals surface area contributed by atoms with E-state index in [2.05, 4.69) is 15.0 Å². The first kappa shape index (κ1) is 27.0. The van der Waals surface area contributed by atoms with Crippen LogP contribution in [0.5, 0.6) is 0 Å². The number of rotatable bonds is 5. The Hall–Kier alpha value is -3.64. The van der Waals surface area contributed by atoms with Crippen molar-refractivity contribution in [1.29, 1.82) is 0 Å². The van der Waals surface area contributed by atoms with Crippen LogP contribution in [-0.4, -0.2) is 36.7 Å². The molecule has 4 aromatic rings. The number of aromatic nitrogens is 4. The van der Waals surface area contributed by atoms with Crippen molar-refractivity contribution in [2.45, 2.75) is 57.2 Å². The minimum Gasteiger partial charge on any atom is -0.422 e. The van der Waals surface area contributed by atoms with E-state index < -0.39 is 31.0 Å². The van der Waals surface area contributed by atoms with Crippen LogP contribution in [0, 0.1) is 12.7 Å². The highest BCUT2D eigenvalue weighted by Gasteiger charge is 2.35. The van der Waals surface area contributed by atoms with Crippen LogP contribution in [0.15, 0.2) is 53.6 Å². The molecule has 5 rings (SSSR count). The highest BCUT2D eigenvalue weighted by atomic mass is 19.4. The molecule has 0 saturated heterocycles. The number of halogens is 4. The maximum atomic E-state index is 14.6. The summed E-state index contributed by atoms with van der Waals surface area (Å²) in [5.74, 6) is -0.511. The van der Waals surface area contributed by atoms with Gasteiger partial charge in [0.1, 0.15) is 11.3 Å². The zero-order chi connectivity index (χ0) is 27.9. The number of aryl methyl sites for hydroxylation is 1. The Morgan fingerprint density at radius 1 is 1.05 bits per heavy atom. The maximum Gasteiger partial charge on any atom is 0.509 e. The molecule has 1 aliphatic carbocycles. The molecule has 3 aromatic heterocycles. The minimum absolute atomic E-state index is 0.00240. The summed E-state index contributed by atoms with van der Waals surface area (Å²) in [6.45, 7) is 1.36. The molecule has 0 spiro atoms. The van der Waals surface area contributed by atoms with Gasteiger partial charge in [0.2, 0.25) is 0 Å². The molecule has 1 aliphatic rings. The molecule has 0 bridgehead atoms. The topological polar surface area (TPSA) is 101 Å². The van der Waals surface area contributed by atoms with Gasteiger partial charge in [-0.05, 0) is 79.8 Å². The zero-order valence-corrected chi connectivity index (χ0v) is 21.0. The van der Waals surface area contributed by atoms with Crippen molar-refractivity contribution in [1.82, 2.24) is 19.5 Å². The lowest BCUT2D eigenvalue weighted by molar-refractivity contribution is -0.138. The van der Waals surface area contributed by atoms with E-state index in [1.165, 1.54) is 24.4 Å². The highest BCUT2D eigenvalue weighted by Crippen LogP contribution is 2.41. The van der Waals surface area contributed by atoms with Gasteiger partial charge in [0.15, 0.2) is 5.65 Å². The average molecular weight is 540 g/mol. The Kier molecular flexibility index (Phi) is 7.26. The predicted octanol–water partition coefficient (Wildman–Crippen LogP) is 3.82. The number of benzene rings is 1. The third-order valence-electron chi connectivity index (χ3n) is 7.45. The van der Waals surface area contributed by atoms with Gasteiger partial charge in [0.05, 0.1) is 23.4 Å². The van der Waals surface area contributed by atoms with Crippen molar-refractivity contribution in [2.24, 2.45) is 0 Å². The normalized spacial score (nSPS) is 17.9. The van der Waals surface area contributed by atoms with Crippen LogP contribution in [0.2, 0.25) is 0 Å². The van der Waals surface area contributed by atoms with E-state index in [-0.39, 0.29) is 40.1 Å². The molecule has 3 heterocycles. The Bertz CT molecular complexity index is 1560. The van der Waals surface area contributed by atoms with E-state index >= 15 is 0 Å². The van der Waals surface area contributed by atoms with E-state index in [0.29, 0.717) is 36.8 Å². The molecule has 0 aliphatic heterocycles. The van der Waals surface area contributed by atoms with Gasteiger partial charge in [-0.3, -0.25) is 19.3 Å². The molecule has 1 fully saturated rings. The fraction of sp³-hybridized carbons (Fsp3) is 0.333. The maximum absolute atomic E-state index is 14.6. The van der Waals surface area contributed by atoms with Crippen LogP contribution in [0.3, 0.4) is 0 Å². The average Bonchev–Trinajstić information content (AvgIpc) is 2.90. The second kappa shape index (κ2) is 10.5. The Morgan fingerprint density at radius 3 is 2.44 bits per heavy atom. The third-order valence-corrected chi connectivity index (χ3v) is 7.45. The molecule has 39 heavy (non-hydrogen) atoms. The van der Waals surface area contributed by atoms with Gasteiger partial charge < -0.3 is 10.0 Å². The highest BCUT2D eigenvalue weighted by molar-refractivity contribution is 6.57. The van der Waals surface area contributed by atoms with Crippen molar-refractivity contribution >= 4 is 23.9 Å². The van der Waals surface area contributed by atoms with Crippen LogP contribution in [0.1, 0.15) is 65.5 Å². The lowest BCUT2D eigenvalue weighted by atomic mass is 9.75. The molecule has 0 radical (unpaired) electrons. The summed E-state index contributed by atoms with van der Waals surface area (Å²) in [4.78, 5) is 26.0. The smallest absolute Gasteiger partial charge is 0.422 e. The predicted molar refractivity (Wildman–Crippen MR) is 137 cm³/mol. The van der Waals surface area contributed by atoms with Gasteiger partial charge in [0, 0.05) is 18.0 Å². The number of hydrogen-bond donors (Lipinski definition) is 2. The molecule has 1 saturated carbocycles. The monoisotopic (exact) mass is 540 g/mol. The summed E-state index contributed by atoms with van der Waals surface area (Å²) in [5.41, 5.74) is 0.0410. The quantitative estimate of drug-likeness (QED) is 0.295. The molecule has 1 aromatic carbocycles. The second-order valence-corrected chi connectivity index (χ2v) is 9.88. The Balaban J connectivity index is 1.56. The van der Waals surface area contributed by atoms with Crippen LogP contribution >= 0.6 is 0 Å². The van der Waals surface area contributed by atoms with E-state index in [0.717, 1.165) is 22.4 Å². The first-order valence-corrected chi connectivity index (χ1v) is 12.6. The lowest BCUT2D eigenvalue weighted by Crippen LogP contribution is -2.35. The van der Waals surface area contributed by atoms with Gasteiger partial charge in [-0.25, -0.2) is 9.37 Å². The van der Waals surface area contributed by atoms with Crippen molar-refractivity contribution in [3.8, 4) is 0 Å². The first-order valence-electron chi connectivity index (χ1n) is 12.6. The minimum atomic E-state index is -4.68. The zero-order valence-electron chi connectivity index (χ0n) is 21.0. The van der Waals surface area contributed by atoms with E-state index in [1.807, 2.05) is 13.0 Å². The molecule has 2 N–H and O–H groups in total. The summed E-state index contributed by atoms with van der Waals surface area (Å²) in [5, 5.41) is 19.2. The Labute approximate surface area is 221 Å². The van der Waals surface area contributed by atoms with Crippen LogP contribution in [0.25, 0.3) is 11.2 Å². The van der Waals surface area contributed by atoms with E-state index in [1.54, 1.807) is 6.07 Å². The standard InChI is InChI=1S/C27H25BF4N4O3/c1-15-4-2-6-20(29)24(15)17-9-7-16(8-10-17)18-12-21-25(34-13-23(35-21)28(38)39)36(26(18)37)14-22-19(27(30,31)32)5-3-11-33-22/h2-6,11-13,16-17,38-39H,7-10,14H2,1H3. The summed E-state index contributed by atoms with van der Waals surface area (Å²) in [6.07, 6.45) is -0.0115.